The Morgan fingerprint density at radius 1 is 1.00 bits per heavy atom. The van der Waals surface area contributed by atoms with Gasteiger partial charge >= 0.3 is 0 Å². The van der Waals surface area contributed by atoms with Crippen molar-refractivity contribution in [2.45, 2.75) is 46.1 Å². The Labute approximate surface area is 121 Å². The number of carbonyl (C=O) groups excluding carboxylic acids is 2. The Balaban J connectivity index is 2.35. The highest BCUT2D eigenvalue weighted by Crippen LogP contribution is 2.05. The molecule has 0 aliphatic carbocycles. The molecular weight excluding hydrogens is 252 g/mol. The molecule has 1 aromatic carbocycles. The molecule has 0 aliphatic rings. The van der Waals surface area contributed by atoms with Gasteiger partial charge in [0.1, 0.15) is 0 Å². The number of hydrogen-bond donors (Lipinski definition) is 2. The van der Waals surface area contributed by atoms with Crippen molar-refractivity contribution in [1.82, 2.24) is 10.6 Å². The topological polar surface area (TPSA) is 58.2 Å². The van der Waals surface area contributed by atoms with Gasteiger partial charge in [0.25, 0.3) is 5.91 Å². The molecule has 2 N–H and O–H groups in total. The Morgan fingerprint density at radius 3 is 2.30 bits per heavy atom. The van der Waals surface area contributed by atoms with E-state index in [1.54, 1.807) is 12.1 Å². The predicted octanol–water partition coefficient (Wildman–Crippen LogP) is 2.63. The van der Waals surface area contributed by atoms with E-state index in [2.05, 4.69) is 17.6 Å². The smallest absolute Gasteiger partial charge is 0.251 e. The van der Waals surface area contributed by atoms with Gasteiger partial charge in [0.15, 0.2) is 0 Å². The average Bonchev–Trinajstić information content (AvgIpc) is 2.45. The van der Waals surface area contributed by atoms with Crippen molar-refractivity contribution in [2.24, 2.45) is 0 Å². The molecule has 0 atom stereocenters. The third-order valence-electron chi connectivity index (χ3n) is 3.07. The van der Waals surface area contributed by atoms with Crippen LogP contribution in [0.3, 0.4) is 0 Å². The Hall–Kier alpha value is -1.84. The van der Waals surface area contributed by atoms with E-state index < -0.39 is 0 Å². The second-order valence-corrected chi connectivity index (χ2v) is 4.92. The number of hydrogen-bond acceptors (Lipinski definition) is 2. The number of carbonyl (C=O) groups is 2. The van der Waals surface area contributed by atoms with Gasteiger partial charge in [-0.3, -0.25) is 9.59 Å². The lowest BCUT2D eigenvalue weighted by molar-refractivity contribution is -0.119. The molecule has 0 bridgehead atoms. The molecule has 0 aliphatic heterocycles. The van der Waals surface area contributed by atoms with Crippen molar-refractivity contribution in [2.75, 3.05) is 6.54 Å². The minimum absolute atomic E-state index is 0.0347. The van der Waals surface area contributed by atoms with Crippen LogP contribution in [0.2, 0.25) is 0 Å². The molecule has 0 heterocycles. The van der Waals surface area contributed by atoms with Crippen LogP contribution in [-0.4, -0.2) is 18.4 Å². The summed E-state index contributed by atoms with van der Waals surface area (Å²) in [6.07, 6.45) is 4.60. The monoisotopic (exact) mass is 276 g/mol. The minimum Gasteiger partial charge on any atom is -0.352 e. The zero-order chi connectivity index (χ0) is 14.8. The molecule has 20 heavy (non-hydrogen) atoms. The fraction of sp³-hybridized carbons (Fsp3) is 0.500. The number of amides is 2. The molecule has 1 rings (SSSR count). The Bertz CT molecular complexity index is 427. The van der Waals surface area contributed by atoms with Gasteiger partial charge in [0.05, 0.1) is 0 Å². The van der Waals surface area contributed by atoms with Crippen LogP contribution < -0.4 is 10.6 Å². The van der Waals surface area contributed by atoms with Crippen molar-refractivity contribution >= 4 is 11.8 Å². The van der Waals surface area contributed by atoms with E-state index in [-0.39, 0.29) is 11.8 Å². The van der Waals surface area contributed by atoms with E-state index in [9.17, 15) is 9.59 Å². The first-order chi connectivity index (χ1) is 9.63. The third-order valence-corrected chi connectivity index (χ3v) is 3.07. The highest BCUT2D eigenvalue weighted by atomic mass is 16.2. The number of benzene rings is 1. The highest BCUT2D eigenvalue weighted by Gasteiger charge is 2.04. The first-order valence-corrected chi connectivity index (χ1v) is 7.25. The van der Waals surface area contributed by atoms with Gasteiger partial charge < -0.3 is 10.6 Å². The molecule has 4 nitrogen and oxygen atoms in total. The van der Waals surface area contributed by atoms with Gasteiger partial charge in [-0.15, -0.1) is 0 Å². The summed E-state index contributed by atoms with van der Waals surface area (Å²) >= 11 is 0. The number of unbranched alkanes of at least 4 members (excludes halogenated alkanes) is 3. The molecular formula is C16H24N2O2. The molecule has 4 heteroatoms. The second-order valence-electron chi connectivity index (χ2n) is 4.92. The minimum atomic E-state index is -0.0566. The lowest BCUT2D eigenvalue weighted by Gasteiger charge is -2.06. The normalized spacial score (nSPS) is 10.1. The molecule has 0 radical (unpaired) electrons. The Kier molecular flexibility index (Phi) is 7.40. The van der Waals surface area contributed by atoms with Gasteiger partial charge in [0, 0.05) is 25.6 Å². The first kappa shape index (κ1) is 16.2. The van der Waals surface area contributed by atoms with Gasteiger partial charge in [-0.25, -0.2) is 0 Å². The van der Waals surface area contributed by atoms with Crippen LogP contribution in [0.4, 0.5) is 0 Å². The van der Waals surface area contributed by atoms with E-state index >= 15 is 0 Å². The van der Waals surface area contributed by atoms with Gasteiger partial charge in [-0.1, -0.05) is 38.3 Å². The Morgan fingerprint density at radius 2 is 1.70 bits per heavy atom. The summed E-state index contributed by atoms with van der Waals surface area (Å²) in [5, 5.41) is 5.64. The molecule has 0 aromatic heterocycles. The summed E-state index contributed by atoms with van der Waals surface area (Å²) in [5.41, 5.74) is 1.65. The van der Waals surface area contributed by atoms with Crippen molar-refractivity contribution in [3.8, 4) is 0 Å². The van der Waals surface area contributed by atoms with Crippen LogP contribution in [0.25, 0.3) is 0 Å². The molecule has 1 aromatic rings. The predicted molar refractivity (Wildman–Crippen MR) is 80.4 cm³/mol. The van der Waals surface area contributed by atoms with Gasteiger partial charge in [0.2, 0.25) is 5.91 Å². The van der Waals surface area contributed by atoms with Crippen LogP contribution in [0, 0.1) is 0 Å². The molecule has 110 valence electrons. The van der Waals surface area contributed by atoms with Crippen molar-refractivity contribution in [3.63, 3.8) is 0 Å². The lowest BCUT2D eigenvalue weighted by Crippen LogP contribution is -2.24. The summed E-state index contributed by atoms with van der Waals surface area (Å²) in [6.45, 7) is 4.88. The summed E-state index contributed by atoms with van der Waals surface area (Å²) in [7, 11) is 0. The maximum Gasteiger partial charge on any atom is 0.251 e. The largest absolute Gasteiger partial charge is 0.352 e. The summed E-state index contributed by atoms with van der Waals surface area (Å²) in [6, 6.07) is 7.31. The average molecular weight is 276 g/mol. The number of nitrogens with one attached hydrogen (secondary N) is 2. The molecule has 0 unspecified atom stereocenters. The van der Waals surface area contributed by atoms with Crippen LogP contribution >= 0.6 is 0 Å². The lowest BCUT2D eigenvalue weighted by atomic mass is 10.1. The van der Waals surface area contributed by atoms with E-state index in [4.69, 9.17) is 0 Å². The van der Waals surface area contributed by atoms with Crippen LogP contribution in [0.5, 0.6) is 0 Å². The van der Waals surface area contributed by atoms with E-state index in [0.717, 1.165) is 24.9 Å². The van der Waals surface area contributed by atoms with E-state index in [1.165, 1.54) is 19.8 Å². The molecule has 0 saturated heterocycles. The van der Waals surface area contributed by atoms with Crippen LogP contribution in [-0.2, 0) is 11.3 Å². The van der Waals surface area contributed by atoms with E-state index in [0.29, 0.717) is 12.1 Å². The fourth-order valence-corrected chi connectivity index (χ4v) is 1.86. The maximum absolute atomic E-state index is 11.9. The van der Waals surface area contributed by atoms with Gasteiger partial charge in [-0.05, 0) is 24.1 Å². The first-order valence-electron chi connectivity index (χ1n) is 7.25. The zero-order valence-corrected chi connectivity index (χ0v) is 12.4. The van der Waals surface area contributed by atoms with Crippen LogP contribution in [0.1, 0.15) is 55.5 Å². The summed E-state index contributed by atoms with van der Waals surface area (Å²) in [5.74, 6) is -0.0912. The SMILES string of the molecule is CCCCCCNC(=O)c1ccc(CNC(C)=O)cc1. The second kappa shape index (κ2) is 9.13. The fourth-order valence-electron chi connectivity index (χ4n) is 1.86. The molecule has 0 spiro atoms. The van der Waals surface area contributed by atoms with Gasteiger partial charge in [-0.2, -0.15) is 0 Å². The van der Waals surface area contributed by atoms with Crippen molar-refractivity contribution in [3.05, 3.63) is 35.4 Å². The van der Waals surface area contributed by atoms with Crippen LogP contribution in [0.15, 0.2) is 24.3 Å². The standard InChI is InChI=1S/C16H24N2O2/c1-3-4-5-6-11-17-16(20)15-9-7-14(8-10-15)12-18-13(2)19/h7-10H,3-6,11-12H2,1-2H3,(H,17,20)(H,18,19). The summed E-state index contributed by atoms with van der Waals surface area (Å²) in [4.78, 5) is 22.7. The quantitative estimate of drug-likeness (QED) is 0.717. The summed E-state index contributed by atoms with van der Waals surface area (Å²) < 4.78 is 0. The highest BCUT2D eigenvalue weighted by molar-refractivity contribution is 5.94. The van der Waals surface area contributed by atoms with E-state index in [1.807, 2.05) is 12.1 Å². The number of rotatable bonds is 8. The molecule has 0 fully saturated rings. The maximum atomic E-state index is 11.9. The third kappa shape index (κ3) is 6.36. The molecule has 0 saturated carbocycles. The van der Waals surface area contributed by atoms with Crippen molar-refractivity contribution < 1.29 is 9.59 Å². The zero-order valence-electron chi connectivity index (χ0n) is 12.4. The molecule has 2 amide bonds. The van der Waals surface area contributed by atoms with Crippen molar-refractivity contribution in [1.29, 1.82) is 0 Å².